The Morgan fingerprint density at radius 3 is 2.76 bits per heavy atom. The summed E-state index contributed by atoms with van der Waals surface area (Å²) in [7, 11) is 0. The van der Waals surface area contributed by atoms with Gasteiger partial charge in [0.05, 0.1) is 24.8 Å². The molecular weight excluding hydrogens is 378 g/mol. The van der Waals surface area contributed by atoms with Crippen molar-refractivity contribution in [3.05, 3.63) is 29.3 Å². The number of amidine groups is 1. The Balaban J connectivity index is 2.17. The van der Waals surface area contributed by atoms with Crippen molar-refractivity contribution in [3.8, 4) is 0 Å². The fourth-order valence-electron chi connectivity index (χ4n) is 2.95. The normalized spacial score (nSPS) is 15.3. The smallest absolute Gasteiger partial charge is 0.337 e. The predicted octanol–water partition coefficient (Wildman–Crippen LogP) is 1.69. The highest BCUT2D eigenvalue weighted by atomic mass is 16.6. The summed E-state index contributed by atoms with van der Waals surface area (Å²) in [6, 6.07) is 3.60. The first-order valence-electron chi connectivity index (χ1n) is 9.52. The molecule has 0 bridgehead atoms. The van der Waals surface area contributed by atoms with Crippen LogP contribution < -0.4 is 16.5 Å². The SMILES string of the molecule is CCCC(NC(=O)N1CC(NOCC)=NCCC1=O)c1ccc(C(=O)O)c(N)c1. The number of rotatable bonds is 7. The molecule has 158 valence electrons. The second kappa shape index (κ2) is 10.4. The molecule has 2 rings (SSSR count). The fourth-order valence-corrected chi connectivity index (χ4v) is 2.95. The summed E-state index contributed by atoms with van der Waals surface area (Å²) in [5.74, 6) is -1.06. The van der Waals surface area contributed by atoms with E-state index in [1.807, 2.05) is 6.92 Å². The number of carbonyl (C=O) groups is 3. The molecule has 1 aromatic rings. The molecule has 0 radical (unpaired) electrons. The average Bonchev–Trinajstić information content (AvgIpc) is 2.87. The van der Waals surface area contributed by atoms with Gasteiger partial charge in [-0.05, 0) is 31.0 Å². The van der Waals surface area contributed by atoms with Gasteiger partial charge in [-0.1, -0.05) is 19.4 Å². The van der Waals surface area contributed by atoms with Crippen LogP contribution in [0.5, 0.6) is 0 Å². The highest BCUT2D eigenvalue weighted by molar-refractivity contribution is 6.00. The number of carboxylic acids is 1. The number of hydroxylamine groups is 1. The zero-order valence-electron chi connectivity index (χ0n) is 16.6. The van der Waals surface area contributed by atoms with Gasteiger partial charge < -0.3 is 16.2 Å². The van der Waals surface area contributed by atoms with Gasteiger partial charge >= 0.3 is 12.0 Å². The van der Waals surface area contributed by atoms with Gasteiger partial charge in [0.15, 0.2) is 0 Å². The van der Waals surface area contributed by atoms with E-state index in [1.165, 1.54) is 12.1 Å². The summed E-state index contributed by atoms with van der Waals surface area (Å²) in [5.41, 5.74) is 9.29. The van der Waals surface area contributed by atoms with Crippen LogP contribution in [0.15, 0.2) is 23.2 Å². The minimum atomic E-state index is -1.12. The third-order valence-corrected chi connectivity index (χ3v) is 4.40. The second-order valence-corrected chi connectivity index (χ2v) is 6.54. The van der Waals surface area contributed by atoms with Crippen molar-refractivity contribution in [2.24, 2.45) is 4.99 Å². The molecule has 1 atom stereocenters. The first-order chi connectivity index (χ1) is 13.9. The van der Waals surface area contributed by atoms with E-state index in [-0.39, 0.29) is 36.7 Å². The summed E-state index contributed by atoms with van der Waals surface area (Å²) >= 11 is 0. The molecule has 10 nitrogen and oxygen atoms in total. The number of carbonyl (C=O) groups excluding carboxylic acids is 2. The van der Waals surface area contributed by atoms with Crippen molar-refractivity contribution in [1.82, 2.24) is 15.7 Å². The monoisotopic (exact) mass is 405 g/mol. The summed E-state index contributed by atoms with van der Waals surface area (Å²) in [6.45, 7) is 4.41. The van der Waals surface area contributed by atoms with Gasteiger partial charge in [-0.15, -0.1) is 0 Å². The van der Waals surface area contributed by atoms with Crippen LogP contribution in [0.3, 0.4) is 0 Å². The Hall–Kier alpha value is -3.14. The Bertz CT molecular complexity index is 795. The maximum atomic E-state index is 12.8. The summed E-state index contributed by atoms with van der Waals surface area (Å²) in [4.78, 5) is 46.8. The number of nitrogens with one attached hydrogen (secondary N) is 2. The van der Waals surface area contributed by atoms with Crippen molar-refractivity contribution < 1.29 is 24.3 Å². The number of nitrogens with zero attached hydrogens (tertiary/aromatic N) is 2. The Kier molecular flexibility index (Phi) is 7.96. The Morgan fingerprint density at radius 2 is 2.14 bits per heavy atom. The van der Waals surface area contributed by atoms with Crippen molar-refractivity contribution in [3.63, 3.8) is 0 Å². The molecule has 29 heavy (non-hydrogen) atoms. The minimum Gasteiger partial charge on any atom is -0.478 e. The van der Waals surface area contributed by atoms with E-state index in [2.05, 4.69) is 15.8 Å². The first-order valence-corrected chi connectivity index (χ1v) is 9.52. The van der Waals surface area contributed by atoms with Crippen LogP contribution in [0.1, 0.15) is 55.1 Å². The first kappa shape index (κ1) is 22.2. The number of benzene rings is 1. The number of hydrogen-bond acceptors (Lipinski definition) is 7. The number of anilines is 1. The molecule has 1 unspecified atom stereocenters. The third kappa shape index (κ3) is 5.92. The molecule has 3 amide bonds. The summed E-state index contributed by atoms with van der Waals surface area (Å²) < 4.78 is 0. The zero-order valence-corrected chi connectivity index (χ0v) is 16.6. The van der Waals surface area contributed by atoms with Crippen LogP contribution in [0.25, 0.3) is 0 Å². The number of nitrogens with two attached hydrogens (primary N) is 1. The molecule has 0 aliphatic carbocycles. The quantitative estimate of drug-likeness (QED) is 0.399. The van der Waals surface area contributed by atoms with Gasteiger partial charge in [-0.2, -0.15) is 0 Å². The summed E-state index contributed by atoms with van der Waals surface area (Å²) in [5, 5.41) is 12.0. The van der Waals surface area contributed by atoms with E-state index < -0.39 is 18.0 Å². The highest BCUT2D eigenvalue weighted by Gasteiger charge is 2.27. The topological polar surface area (TPSA) is 146 Å². The Labute approximate surface area is 169 Å². The molecule has 0 aromatic heterocycles. The van der Waals surface area contributed by atoms with E-state index in [0.717, 1.165) is 11.3 Å². The van der Waals surface area contributed by atoms with E-state index in [1.54, 1.807) is 13.0 Å². The molecular formula is C19H27N5O5. The maximum absolute atomic E-state index is 12.8. The zero-order chi connectivity index (χ0) is 21.4. The van der Waals surface area contributed by atoms with Crippen LogP contribution in [0.4, 0.5) is 10.5 Å². The van der Waals surface area contributed by atoms with Crippen LogP contribution in [0, 0.1) is 0 Å². The lowest BCUT2D eigenvalue weighted by Crippen LogP contribution is -2.48. The van der Waals surface area contributed by atoms with Gasteiger partial charge in [0.1, 0.15) is 5.84 Å². The van der Waals surface area contributed by atoms with Gasteiger partial charge in [0, 0.05) is 18.7 Å². The van der Waals surface area contributed by atoms with Gasteiger partial charge in [-0.3, -0.25) is 25.0 Å². The number of aromatic carboxylic acids is 1. The number of nitrogen functional groups attached to an aromatic ring is 1. The van der Waals surface area contributed by atoms with Gasteiger partial charge in [0.25, 0.3) is 0 Å². The molecule has 10 heteroatoms. The van der Waals surface area contributed by atoms with Crippen molar-refractivity contribution >= 4 is 29.4 Å². The third-order valence-electron chi connectivity index (χ3n) is 4.40. The number of imide groups is 1. The molecule has 0 saturated heterocycles. The van der Waals surface area contributed by atoms with E-state index in [4.69, 9.17) is 15.7 Å². The van der Waals surface area contributed by atoms with Gasteiger partial charge in [-0.25, -0.2) is 9.59 Å². The molecule has 0 saturated carbocycles. The number of aliphatic imine (C=N–C) groups is 1. The lowest BCUT2D eigenvalue weighted by atomic mass is 9.99. The molecule has 1 aliphatic heterocycles. The fraction of sp³-hybridized carbons (Fsp3) is 0.474. The minimum absolute atomic E-state index is 0.000808. The molecule has 1 aliphatic rings. The lowest BCUT2D eigenvalue weighted by Gasteiger charge is -2.25. The van der Waals surface area contributed by atoms with Crippen LogP contribution in [0.2, 0.25) is 0 Å². The van der Waals surface area contributed by atoms with Crippen LogP contribution >= 0.6 is 0 Å². The second-order valence-electron chi connectivity index (χ2n) is 6.54. The van der Waals surface area contributed by atoms with Crippen LogP contribution in [-0.2, 0) is 9.63 Å². The van der Waals surface area contributed by atoms with Crippen molar-refractivity contribution in [1.29, 1.82) is 0 Å². The molecule has 0 fully saturated rings. The lowest BCUT2D eigenvalue weighted by molar-refractivity contribution is -0.127. The molecule has 5 N–H and O–H groups in total. The van der Waals surface area contributed by atoms with Crippen molar-refractivity contribution in [2.45, 2.75) is 39.2 Å². The van der Waals surface area contributed by atoms with Crippen molar-refractivity contribution in [2.75, 3.05) is 25.4 Å². The number of urea groups is 1. The maximum Gasteiger partial charge on any atom is 0.337 e. The highest BCUT2D eigenvalue weighted by Crippen LogP contribution is 2.23. The van der Waals surface area contributed by atoms with Crippen LogP contribution in [-0.4, -0.2) is 53.4 Å². The Morgan fingerprint density at radius 1 is 1.38 bits per heavy atom. The van der Waals surface area contributed by atoms with E-state index >= 15 is 0 Å². The summed E-state index contributed by atoms with van der Waals surface area (Å²) in [6.07, 6.45) is 1.47. The number of carboxylic acid groups (broad SMARTS) is 1. The number of hydrogen-bond donors (Lipinski definition) is 4. The standard InChI is InChI=1S/C19H27N5O5/c1-3-5-15(12-6-7-13(18(26)27)14(20)10-12)22-19(28)24-11-16(23-29-4-2)21-9-8-17(24)25/h6-7,10,15H,3-5,8-9,11,20H2,1-2H3,(H,21,23)(H,22,28)(H,26,27). The van der Waals surface area contributed by atoms with Gasteiger partial charge in [0.2, 0.25) is 5.91 Å². The average molecular weight is 405 g/mol. The number of amides is 3. The predicted molar refractivity (Wildman–Crippen MR) is 107 cm³/mol. The van der Waals surface area contributed by atoms with E-state index in [0.29, 0.717) is 24.4 Å². The molecule has 1 heterocycles. The molecule has 0 spiro atoms. The van der Waals surface area contributed by atoms with E-state index in [9.17, 15) is 14.4 Å². The largest absolute Gasteiger partial charge is 0.478 e. The molecule has 1 aromatic carbocycles.